The number of aryl methyl sites for hydroxylation is 1. The molecule has 0 radical (unpaired) electrons. The van der Waals surface area contributed by atoms with Crippen LogP contribution in [0.2, 0.25) is 0 Å². The van der Waals surface area contributed by atoms with Gasteiger partial charge in [-0.2, -0.15) is 5.10 Å². The zero-order valence-electron chi connectivity index (χ0n) is 14.4. The van der Waals surface area contributed by atoms with Crippen LogP contribution >= 0.6 is 0 Å². The van der Waals surface area contributed by atoms with Gasteiger partial charge in [0.25, 0.3) is 5.91 Å². The highest BCUT2D eigenvalue weighted by Crippen LogP contribution is 2.17. The summed E-state index contributed by atoms with van der Waals surface area (Å²) in [7, 11) is 0. The van der Waals surface area contributed by atoms with Crippen molar-refractivity contribution in [1.29, 1.82) is 0 Å². The molecule has 1 atom stereocenters. The maximum absolute atomic E-state index is 12.5. The number of hydrogen-bond acceptors (Lipinski definition) is 6. The van der Waals surface area contributed by atoms with Crippen molar-refractivity contribution in [3.63, 3.8) is 0 Å². The lowest BCUT2D eigenvalue weighted by molar-refractivity contribution is 0.0791. The van der Waals surface area contributed by atoms with Crippen LogP contribution in [-0.2, 0) is 0 Å². The second kappa shape index (κ2) is 6.91. The van der Waals surface area contributed by atoms with Crippen LogP contribution in [0.4, 0.5) is 5.82 Å². The monoisotopic (exact) mass is 349 g/mol. The van der Waals surface area contributed by atoms with Crippen molar-refractivity contribution in [3.05, 3.63) is 60.2 Å². The number of carbonyl (C=O) groups excluding carboxylic acids is 1. The fraction of sp³-hybridized carbons (Fsp3) is 0.278. The van der Waals surface area contributed by atoms with Crippen molar-refractivity contribution < 1.29 is 4.79 Å². The summed E-state index contributed by atoms with van der Waals surface area (Å²) >= 11 is 0. The van der Waals surface area contributed by atoms with Crippen molar-refractivity contribution in [2.24, 2.45) is 0 Å². The largest absolute Gasteiger partial charge is 0.364 e. The lowest BCUT2D eigenvalue weighted by atomic mass is 10.2. The van der Waals surface area contributed by atoms with Crippen molar-refractivity contribution in [3.8, 4) is 5.82 Å². The van der Waals surface area contributed by atoms with Gasteiger partial charge in [-0.15, -0.1) is 10.2 Å². The van der Waals surface area contributed by atoms with Gasteiger partial charge in [0.1, 0.15) is 5.82 Å². The van der Waals surface area contributed by atoms with Gasteiger partial charge in [-0.25, -0.2) is 4.68 Å². The number of hydrogen-bond donors (Lipinski definition) is 1. The average molecular weight is 349 g/mol. The lowest BCUT2D eigenvalue weighted by Crippen LogP contribution is -2.31. The summed E-state index contributed by atoms with van der Waals surface area (Å²) in [6.07, 6.45) is 5.99. The fourth-order valence-corrected chi connectivity index (χ4v) is 3.01. The van der Waals surface area contributed by atoms with Gasteiger partial charge in [0.2, 0.25) is 0 Å². The highest BCUT2D eigenvalue weighted by Gasteiger charge is 2.27. The van der Waals surface area contributed by atoms with Crippen molar-refractivity contribution in [2.45, 2.75) is 19.4 Å². The second-order valence-corrected chi connectivity index (χ2v) is 6.30. The van der Waals surface area contributed by atoms with E-state index in [9.17, 15) is 4.79 Å². The molecule has 1 N–H and O–H groups in total. The number of amides is 1. The molecule has 0 bridgehead atoms. The van der Waals surface area contributed by atoms with Gasteiger partial charge in [0.05, 0.1) is 11.3 Å². The third-order valence-electron chi connectivity index (χ3n) is 4.34. The quantitative estimate of drug-likeness (QED) is 0.771. The molecule has 132 valence electrons. The van der Waals surface area contributed by atoms with E-state index in [1.165, 1.54) is 0 Å². The van der Waals surface area contributed by atoms with E-state index < -0.39 is 0 Å². The molecule has 4 rings (SSSR count). The molecule has 0 saturated carbocycles. The van der Waals surface area contributed by atoms with Gasteiger partial charge in [-0.1, -0.05) is 0 Å². The van der Waals surface area contributed by atoms with E-state index >= 15 is 0 Å². The van der Waals surface area contributed by atoms with Gasteiger partial charge in [0, 0.05) is 37.7 Å². The Hall–Kier alpha value is -3.29. The van der Waals surface area contributed by atoms with Crippen molar-refractivity contribution in [2.75, 3.05) is 18.4 Å². The Morgan fingerprint density at radius 1 is 1.23 bits per heavy atom. The average Bonchev–Trinajstić information content (AvgIpc) is 3.32. The Morgan fingerprint density at radius 3 is 2.85 bits per heavy atom. The van der Waals surface area contributed by atoms with Crippen LogP contribution in [0.3, 0.4) is 0 Å². The van der Waals surface area contributed by atoms with E-state index in [4.69, 9.17) is 0 Å². The van der Waals surface area contributed by atoms with Crippen LogP contribution in [0.1, 0.15) is 22.5 Å². The third kappa shape index (κ3) is 3.39. The molecular formula is C18H19N7O. The molecule has 1 amide bonds. The molecule has 1 aliphatic heterocycles. The van der Waals surface area contributed by atoms with Crippen LogP contribution in [0.25, 0.3) is 5.82 Å². The van der Waals surface area contributed by atoms with Crippen LogP contribution in [0, 0.1) is 6.92 Å². The minimum Gasteiger partial charge on any atom is -0.364 e. The van der Waals surface area contributed by atoms with Crippen molar-refractivity contribution >= 4 is 11.7 Å². The first kappa shape index (κ1) is 16.2. The summed E-state index contributed by atoms with van der Waals surface area (Å²) in [5.41, 5.74) is 1.55. The SMILES string of the molecule is Cc1ccn(-c2ccc(NC3CCN(C(=O)c4cccnc4)C3)nn2)n1. The van der Waals surface area contributed by atoms with Gasteiger partial charge in [-0.3, -0.25) is 9.78 Å². The molecule has 26 heavy (non-hydrogen) atoms. The molecule has 3 aromatic rings. The molecule has 1 fully saturated rings. The Bertz CT molecular complexity index is 891. The number of carbonyl (C=O) groups is 1. The highest BCUT2D eigenvalue weighted by atomic mass is 16.2. The summed E-state index contributed by atoms with van der Waals surface area (Å²) in [6, 6.07) is 9.39. The number of anilines is 1. The first-order valence-corrected chi connectivity index (χ1v) is 8.51. The Morgan fingerprint density at radius 2 is 2.15 bits per heavy atom. The van der Waals surface area contributed by atoms with Crippen molar-refractivity contribution in [1.82, 2.24) is 29.9 Å². The summed E-state index contributed by atoms with van der Waals surface area (Å²) in [4.78, 5) is 18.3. The molecule has 3 aromatic heterocycles. The summed E-state index contributed by atoms with van der Waals surface area (Å²) in [6.45, 7) is 3.28. The van der Waals surface area contributed by atoms with Gasteiger partial charge in [-0.05, 0) is 43.7 Å². The molecule has 1 aliphatic rings. The molecule has 8 heteroatoms. The zero-order valence-corrected chi connectivity index (χ0v) is 14.4. The molecule has 1 saturated heterocycles. The minimum atomic E-state index is 0.0119. The van der Waals surface area contributed by atoms with E-state index in [1.807, 2.05) is 36.2 Å². The van der Waals surface area contributed by atoms with Crippen LogP contribution < -0.4 is 5.32 Å². The van der Waals surface area contributed by atoms with E-state index in [0.29, 0.717) is 30.3 Å². The predicted molar refractivity (Wildman–Crippen MR) is 96.1 cm³/mol. The van der Waals surface area contributed by atoms with E-state index in [2.05, 4.69) is 25.6 Å². The fourth-order valence-electron chi connectivity index (χ4n) is 3.01. The molecule has 0 aliphatic carbocycles. The number of nitrogens with one attached hydrogen (secondary N) is 1. The molecule has 1 unspecified atom stereocenters. The zero-order chi connectivity index (χ0) is 17.9. The van der Waals surface area contributed by atoms with E-state index in [1.54, 1.807) is 29.2 Å². The highest BCUT2D eigenvalue weighted by molar-refractivity contribution is 5.94. The van der Waals surface area contributed by atoms with Crippen LogP contribution in [-0.4, -0.2) is 54.9 Å². The summed E-state index contributed by atoms with van der Waals surface area (Å²) in [5, 5.41) is 16.1. The standard InChI is InChI=1S/C18H19N7O/c1-13-6-10-25(23-13)17-5-4-16(21-22-17)20-15-7-9-24(12-15)18(26)14-3-2-8-19-11-14/h2-6,8,10-11,15H,7,9,12H2,1H3,(H,20,21). The first-order chi connectivity index (χ1) is 12.7. The Labute approximate surface area is 150 Å². The molecule has 4 heterocycles. The minimum absolute atomic E-state index is 0.0119. The van der Waals surface area contributed by atoms with Crippen LogP contribution in [0.5, 0.6) is 0 Å². The molecular weight excluding hydrogens is 330 g/mol. The van der Waals surface area contributed by atoms with Gasteiger partial charge >= 0.3 is 0 Å². The summed E-state index contributed by atoms with van der Waals surface area (Å²) in [5.74, 6) is 1.37. The third-order valence-corrected chi connectivity index (χ3v) is 4.34. The predicted octanol–water partition coefficient (Wildman–Crippen LogP) is 1.69. The molecule has 0 aromatic carbocycles. The topological polar surface area (TPSA) is 88.8 Å². The Kier molecular flexibility index (Phi) is 4.30. The number of likely N-dealkylation sites (tertiary alicyclic amines) is 1. The normalized spacial score (nSPS) is 16.7. The number of pyridine rings is 1. The maximum Gasteiger partial charge on any atom is 0.255 e. The Balaban J connectivity index is 1.37. The second-order valence-electron chi connectivity index (χ2n) is 6.30. The summed E-state index contributed by atoms with van der Waals surface area (Å²) < 4.78 is 1.69. The van der Waals surface area contributed by atoms with Gasteiger partial charge < -0.3 is 10.2 Å². The number of nitrogens with zero attached hydrogens (tertiary/aromatic N) is 6. The maximum atomic E-state index is 12.5. The lowest BCUT2D eigenvalue weighted by Gasteiger charge is -2.17. The van der Waals surface area contributed by atoms with Gasteiger partial charge in [0.15, 0.2) is 5.82 Å². The van der Waals surface area contributed by atoms with Crippen LogP contribution in [0.15, 0.2) is 48.9 Å². The van der Waals surface area contributed by atoms with E-state index in [0.717, 1.165) is 12.1 Å². The molecule has 8 nitrogen and oxygen atoms in total. The molecule has 0 spiro atoms. The first-order valence-electron chi connectivity index (χ1n) is 8.51. The number of aromatic nitrogens is 5. The number of rotatable bonds is 4. The van der Waals surface area contributed by atoms with E-state index in [-0.39, 0.29) is 11.9 Å². The smallest absolute Gasteiger partial charge is 0.255 e.